The Kier molecular flexibility index (Phi) is 2.58. The predicted molar refractivity (Wildman–Crippen MR) is 79.0 cm³/mol. The van der Waals surface area contributed by atoms with Crippen LogP contribution in [0.5, 0.6) is 0 Å². The quantitative estimate of drug-likeness (QED) is 0.812. The average Bonchev–Trinajstić information content (AvgIpc) is 3.08. The van der Waals surface area contributed by atoms with Crippen LogP contribution in [0.4, 0.5) is 0 Å². The minimum absolute atomic E-state index is 0.0306. The Bertz CT molecular complexity index is 562. The van der Waals surface area contributed by atoms with Crippen LogP contribution in [0.1, 0.15) is 25.3 Å². The lowest BCUT2D eigenvalue weighted by atomic mass is 9.97. The van der Waals surface area contributed by atoms with E-state index >= 15 is 0 Å². The lowest BCUT2D eigenvalue weighted by molar-refractivity contribution is -0.0873. The van der Waals surface area contributed by atoms with E-state index in [1.54, 1.807) is 0 Å². The van der Waals surface area contributed by atoms with E-state index in [2.05, 4.69) is 49.4 Å². The topological polar surface area (TPSA) is 18.5 Å². The number of hydrogen-bond donors (Lipinski definition) is 0. The Balaban J connectivity index is 1.63. The Hall–Kier alpha value is -1.54. The van der Waals surface area contributed by atoms with E-state index in [0.29, 0.717) is 5.92 Å². The maximum atomic E-state index is 6.22. The molecular formula is C18H20O2. The number of fused-ring (bicyclic) bond motifs is 1. The molecule has 1 spiro atoms. The van der Waals surface area contributed by atoms with Crippen molar-refractivity contribution in [2.24, 2.45) is 11.3 Å². The first kappa shape index (κ1) is 12.2. The maximum absolute atomic E-state index is 6.22. The van der Waals surface area contributed by atoms with E-state index < -0.39 is 0 Å². The van der Waals surface area contributed by atoms with Gasteiger partial charge in [0.25, 0.3) is 0 Å². The van der Waals surface area contributed by atoms with Crippen molar-refractivity contribution in [3.05, 3.63) is 54.3 Å². The summed E-state index contributed by atoms with van der Waals surface area (Å²) < 4.78 is 12.1. The summed E-state index contributed by atoms with van der Waals surface area (Å²) in [5.74, 6) is 0.605. The van der Waals surface area contributed by atoms with Crippen LogP contribution in [-0.4, -0.2) is 18.3 Å². The van der Waals surface area contributed by atoms with Crippen molar-refractivity contribution < 1.29 is 9.47 Å². The molecule has 20 heavy (non-hydrogen) atoms. The van der Waals surface area contributed by atoms with Gasteiger partial charge in [0.1, 0.15) is 11.7 Å². The van der Waals surface area contributed by atoms with E-state index in [4.69, 9.17) is 9.47 Å². The van der Waals surface area contributed by atoms with Crippen molar-refractivity contribution in [3.63, 3.8) is 0 Å². The molecule has 0 radical (unpaired) electrons. The first-order valence-corrected chi connectivity index (χ1v) is 7.48. The normalized spacial score (nSPS) is 41.9. The fourth-order valence-electron chi connectivity index (χ4n) is 4.18. The van der Waals surface area contributed by atoms with E-state index in [9.17, 15) is 0 Å². The van der Waals surface area contributed by atoms with Gasteiger partial charge in [-0.1, -0.05) is 43.3 Å². The van der Waals surface area contributed by atoms with Crippen molar-refractivity contribution in [1.82, 2.24) is 0 Å². The summed E-state index contributed by atoms with van der Waals surface area (Å²) >= 11 is 0. The first-order valence-electron chi connectivity index (χ1n) is 7.48. The smallest absolute Gasteiger partial charge is 0.146 e. The zero-order chi connectivity index (χ0) is 13.6. The molecule has 0 aromatic heterocycles. The molecule has 0 amide bonds. The minimum atomic E-state index is -0.120. The van der Waals surface area contributed by atoms with Gasteiger partial charge >= 0.3 is 0 Å². The van der Waals surface area contributed by atoms with E-state index in [1.165, 1.54) is 18.4 Å². The van der Waals surface area contributed by atoms with Crippen molar-refractivity contribution in [2.75, 3.05) is 6.61 Å². The predicted octanol–water partition coefficient (Wildman–Crippen LogP) is 3.80. The fourth-order valence-corrected chi connectivity index (χ4v) is 4.18. The highest BCUT2D eigenvalue weighted by molar-refractivity contribution is 5.51. The van der Waals surface area contributed by atoms with Crippen molar-refractivity contribution in [2.45, 2.75) is 31.5 Å². The van der Waals surface area contributed by atoms with Gasteiger partial charge in [-0.25, -0.2) is 0 Å². The third-order valence-corrected chi connectivity index (χ3v) is 5.30. The van der Waals surface area contributed by atoms with Crippen LogP contribution >= 0.6 is 0 Å². The van der Waals surface area contributed by atoms with Gasteiger partial charge in [-0.3, -0.25) is 0 Å². The fraction of sp³-hybridized carbons (Fsp3) is 0.444. The molecule has 0 bridgehead atoms. The molecule has 104 valence electrons. The van der Waals surface area contributed by atoms with Gasteiger partial charge in [0.15, 0.2) is 0 Å². The zero-order valence-corrected chi connectivity index (χ0v) is 11.8. The second-order valence-electron chi connectivity index (χ2n) is 6.25. The van der Waals surface area contributed by atoms with E-state index in [1.807, 2.05) is 12.3 Å². The van der Waals surface area contributed by atoms with Crippen LogP contribution < -0.4 is 0 Å². The highest BCUT2D eigenvalue weighted by atomic mass is 16.6. The van der Waals surface area contributed by atoms with E-state index in [-0.39, 0.29) is 17.1 Å². The highest BCUT2D eigenvalue weighted by Gasteiger charge is 2.79. The van der Waals surface area contributed by atoms with Crippen LogP contribution in [0.2, 0.25) is 0 Å². The van der Waals surface area contributed by atoms with Gasteiger partial charge < -0.3 is 9.47 Å². The number of benzene rings is 1. The average molecular weight is 268 g/mol. The summed E-state index contributed by atoms with van der Waals surface area (Å²) in [5.41, 5.74) is 1.25. The Labute approximate surface area is 120 Å². The molecule has 0 unspecified atom stereocenters. The Morgan fingerprint density at radius 3 is 2.95 bits per heavy atom. The third-order valence-electron chi connectivity index (χ3n) is 5.30. The molecule has 0 N–H and O–H groups in total. The van der Waals surface area contributed by atoms with Gasteiger partial charge in [-0.15, -0.1) is 0 Å². The molecular weight excluding hydrogens is 248 g/mol. The van der Waals surface area contributed by atoms with Crippen molar-refractivity contribution >= 4 is 6.08 Å². The molecule has 1 saturated carbocycles. The summed E-state index contributed by atoms with van der Waals surface area (Å²) in [4.78, 5) is 0. The summed E-state index contributed by atoms with van der Waals surface area (Å²) in [6.07, 6.45) is 10.8. The molecule has 2 heterocycles. The first-order chi connectivity index (χ1) is 9.77. The molecule has 3 aliphatic rings. The van der Waals surface area contributed by atoms with E-state index in [0.717, 1.165) is 6.61 Å². The SMILES string of the molecule is C[C@@]12C=CO[C@H](/C=C/c3ccccc3)[C@@]13OCCC[C@H]32. The summed E-state index contributed by atoms with van der Waals surface area (Å²) in [7, 11) is 0. The molecule has 2 fully saturated rings. The van der Waals surface area contributed by atoms with Crippen LogP contribution in [0, 0.1) is 11.3 Å². The van der Waals surface area contributed by atoms with Crippen LogP contribution in [0.3, 0.4) is 0 Å². The largest absolute Gasteiger partial charge is 0.491 e. The molecule has 2 aliphatic heterocycles. The molecule has 1 saturated heterocycles. The summed E-state index contributed by atoms with van der Waals surface area (Å²) in [5, 5.41) is 0. The van der Waals surface area contributed by atoms with Crippen molar-refractivity contribution in [1.29, 1.82) is 0 Å². The lowest BCUT2D eigenvalue weighted by Gasteiger charge is -2.32. The van der Waals surface area contributed by atoms with Gasteiger partial charge in [0.05, 0.1) is 6.26 Å². The number of hydrogen-bond acceptors (Lipinski definition) is 2. The Morgan fingerprint density at radius 2 is 2.10 bits per heavy atom. The van der Waals surface area contributed by atoms with Gasteiger partial charge in [-0.05, 0) is 30.6 Å². The molecule has 2 heteroatoms. The van der Waals surface area contributed by atoms with Crippen molar-refractivity contribution in [3.8, 4) is 0 Å². The maximum Gasteiger partial charge on any atom is 0.146 e. The second kappa shape index (κ2) is 4.23. The molecule has 1 aromatic rings. The molecule has 1 aromatic carbocycles. The number of ether oxygens (including phenoxy) is 2. The van der Waals surface area contributed by atoms with Crippen LogP contribution in [0.15, 0.2) is 48.7 Å². The second-order valence-corrected chi connectivity index (χ2v) is 6.25. The highest BCUT2D eigenvalue weighted by Crippen LogP contribution is 2.72. The van der Waals surface area contributed by atoms with Gasteiger partial charge in [0, 0.05) is 17.9 Å². The molecule has 4 rings (SSSR count). The van der Waals surface area contributed by atoms with Crippen LogP contribution in [0.25, 0.3) is 6.08 Å². The molecule has 4 atom stereocenters. The third kappa shape index (κ3) is 1.49. The Morgan fingerprint density at radius 1 is 1.25 bits per heavy atom. The number of rotatable bonds is 2. The van der Waals surface area contributed by atoms with Crippen LogP contribution in [-0.2, 0) is 9.47 Å². The minimum Gasteiger partial charge on any atom is -0.491 e. The summed E-state index contributed by atoms with van der Waals surface area (Å²) in [6.45, 7) is 3.17. The lowest BCUT2D eigenvalue weighted by Crippen LogP contribution is -2.40. The zero-order valence-electron chi connectivity index (χ0n) is 11.8. The molecule has 2 nitrogen and oxygen atoms in total. The standard InChI is InChI=1S/C18H20O2/c1-17-11-13-19-16(10-9-14-6-3-2-4-7-14)18(17)15(17)8-5-12-20-18/h2-4,6-7,9-11,13,15-16H,5,8,12H2,1H3/b10-9+/t15-,16+,17-,18+/m0/s1. The monoisotopic (exact) mass is 268 g/mol. The molecule has 1 aliphatic carbocycles. The summed E-state index contributed by atoms with van der Waals surface area (Å²) in [6, 6.07) is 10.4. The van der Waals surface area contributed by atoms with Gasteiger partial charge in [0.2, 0.25) is 0 Å². The van der Waals surface area contributed by atoms with Gasteiger partial charge in [-0.2, -0.15) is 0 Å².